The number of imide groups is 4. The van der Waals surface area contributed by atoms with Crippen LogP contribution in [0.15, 0.2) is 60.7 Å². The maximum absolute atomic E-state index is 13.2. The molecular weight excluding hydrogens is 324 g/mol. The van der Waals surface area contributed by atoms with Gasteiger partial charge in [0.2, 0.25) is 0 Å². The Morgan fingerprint density at radius 1 is 0.920 bits per heavy atom. The van der Waals surface area contributed by atoms with Gasteiger partial charge in [-0.2, -0.15) is 4.90 Å². The molecule has 0 atom stereocenters. The van der Waals surface area contributed by atoms with Crippen LogP contribution < -0.4 is 5.32 Å². The number of urea groups is 1. The molecule has 0 aromatic heterocycles. The lowest BCUT2D eigenvalue weighted by Crippen LogP contribution is -2.67. The van der Waals surface area contributed by atoms with E-state index in [4.69, 9.17) is 0 Å². The largest absolute Gasteiger partial charge is 0.452 e. The predicted octanol–water partition coefficient (Wildman–Crippen LogP) is 1.82. The molecule has 3 rings (SSSR count). The van der Waals surface area contributed by atoms with Gasteiger partial charge in [-0.3, -0.25) is 14.9 Å². The highest BCUT2D eigenvalue weighted by molar-refractivity contribution is 6.29. The number of hydrogen-bond acceptors (Lipinski definition) is 5. The second-order valence-electron chi connectivity index (χ2n) is 5.35. The molecule has 0 saturated carbocycles. The summed E-state index contributed by atoms with van der Waals surface area (Å²) < 4.78 is 4.52. The zero-order valence-corrected chi connectivity index (χ0v) is 13.3. The van der Waals surface area contributed by atoms with Gasteiger partial charge in [-0.25, -0.2) is 9.59 Å². The molecule has 1 heterocycles. The maximum atomic E-state index is 13.2. The number of ether oxygens (including phenoxy) is 1. The maximum Gasteiger partial charge on any atom is 0.424 e. The molecule has 25 heavy (non-hydrogen) atoms. The first-order chi connectivity index (χ1) is 12.0. The van der Waals surface area contributed by atoms with Crippen LogP contribution in [-0.4, -0.2) is 35.9 Å². The summed E-state index contributed by atoms with van der Waals surface area (Å²) in [5.41, 5.74) is -1.19. The molecule has 2 aromatic carbocycles. The van der Waals surface area contributed by atoms with Crippen LogP contribution in [0.4, 0.5) is 9.59 Å². The molecule has 1 aliphatic rings. The minimum atomic E-state index is -1.87. The van der Waals surface area contributed by atoms with Crippen LogP contribution in [0.5, 0.6) is 0 Å². The van der Waals surface area contributed by atoms with E-state index >= 15 is 0 Å². The van der Waals surface area contributed by atoms with Gasteiger partial charge in [-0.05, 0) is 11.1 Å². The van der Waals surface area contributed by atoms with Gasteiger partial charge >= 0.3 is 12.1 Å². The fraction of sp³-hybridized carbons (Fsp3) is 0.111. The lowest BCUT2D eigenvalue weighted by atomic mass is 9.71. The lowest BCUT2D eigenvalue weighted by Gasteiger charge is -2.38. The van der Waals surface area contributed by atoms with E-state index in [9.17, 15) is 19.2 Å². The van der Waals surface area contributed by atoms with E-state index in [1.54, 1.807) is 60.7 Å². The molecule has 7 nitrogen and oxygen atoms in total. The Labute approximate surface area is 143 Å². The van der Waals surface area contributed by atoms with E-state index in [2.05, 4.69) is 10.1 Å². The fourth-order valence-corrected chi connectivity index (χ4v) is 2.91. The summed E-state index contributed by atoms with van der Waals surface area (Å²) in [6, 6.07) is 15.4. The van der Waals surface area contributed by atoms with E-state index in [0.29, 0.717) is 16.0 Å². The highest BCUT2D eigenvalue weighted by atomic mass is 16.5. The first-order valence-corrected chi connectivity index (χ1v) is 7.42. The predicted molar refractivity (Wildman–Crippen MR) is 86.5 cm³/mol. The summed E-state index contributed by atoms with van der Waals surface area (Å²) in [4.78, 5) is 50.4. The van der Waals surface area contributed by atoms with Crippen LogP contribution in [0, 0.1) is 0 Å². The Kier molecular flexibility index (Phi) is 4.06. The molecule has 126 valence electrons. The SMILES string of the molecule is COC(=O)N1C(=O)NC(=O)C(c2ccccc2)(c2ccccc2)C1=O. The molecule has 7 heteroatoms. The molecular formula is C18H14N2O5. The molecule has 1 fully saturated rings. The zero-order chi connectivity index (χ0) is 18.0. The first kappa shape index (κ1) is 16.4. The van der Waals surface area contributed by atoms with Crippen molar-refractivity contribution in [2.45, 2.75) is 5.41 Å². The summed E-state index contributed by atoms with van der Waals surface area (Å²) >= 11 is 0. The van der Waals surface area contributed by atoms with E-state index in [1.165, 1.54) is 0 Å². The number of hydrogen-bond donors (Lipinski definition) is 1. The summed E-state index contributed by atoms with van der Waals surface area (Å²) in [5, 5.41) is 2.09. The van der Waals surface area contributed by atoms with Crippen molar-refractivity contribution in [2.75, 3.05) is 7.11 Å². The number of carbonyl (C=O) groups is 4. The Hall–Kier alpha value is -3.48. The van der Waals surface area contributed by atoms with Crippen LogP contribution >= 0.6 is 0 Å². The molecule has 0 spiro atoms. The normalized spacial score (nSPS) is 16.4. The van der Waals surface area contributed by atoms with Gasteiger partial charge in [0.05, 0.1) is 7.11 Å². The van der Waals surface area contributed by atoms with Gasteiger partial charge < -0.3 is 4.74 Å². The number of methoxy groups -OCH3 is 1. The minimum absolute atomic E-state index is 0.307. The summed E-state index contributed by atoms with van der Waals surface area (Å²) in [5.74, 6) is -1.80. The van der Waals surface area contributed by atoms with Crippen molar-refractivity contribution in [1.82, 2.24) is 10.2 Å². The van der Waals surface area contributed by atoms with Crippen LogP contribution in [0.3, 0.4) is 0 Å². The number of benzene rings is 2. The second-order valence-corrected chi connectivity index (χ2v) is 5.35. The number of rotatable bonds is 2. The molecule has 2 aromatic rings. The summed E-state index contributed by atoms with van der Waals surface area (Å²) in [6.07, 6.45) is -1.16. The van der Waals surface area contributed by atoms with Crippen molar-refractivity contribution >= 4 is 23.9 Å². The molecule has 0 aliphatic carbocycles. The minimum Gasteiger partial charge on any atom is -0.452 e. The molecule has 0 unspecified atom stereocenters. The topological polar surface area (TPSA) is 92.8 Å². The average Bonchev–Trinajstić information content (AvgIpc) is 2.63. The Bertz CT molecular complexity index is 809. The Balaban J connectivity index is 2.30. The highest BCUT2D eigenvalue weighted by Gasteiger charge is 2.58. The van der Waals surface area contributed by atoms with Gasteiger partial charge in [-0.15, -0.1) is 0 Å². The molecule has 1 aliphatic heterocycles. The molecule has 1 saturated heterocycles. The van der Waals surface area contributed by atoms with E-state index in [0.717, 1.165) is 7.11 Å². The number of nitrogens with zero attached hydrogens (tertiary/aromatic N) is 1. The average molecular weight is 338 g/mol. The Morgan fingerprint density at radius 2 is 1.40 bits per heavy atom. The molecule has 1 N–H and O–H groups in total. The zero-order valence-electron chi connectivity index (χ0n) is 13.3. The van der Waals surface area contributed by atoms with Gasteiger partial charge in [0, 0.05) is 0 Å². The third kappa shape index (κ3) is 2.37. The third-order valence-corrected chi connectivity index (χ3v) is 4.06. The van der Waals surface area contributed by atoms with Crippen LogP contribution in [-0.2, 0) is 19.7 Å². The van der Waals surface area contributed by atoms with Crippen molar-refractivity contribution in [3.63, 3.8) is 0 Å². The van der Waals surface area contributed by atoms with Crippen LogP contribution in [0.25, 0.3) is 0 Å². The number of amides is 5. The second kappa shape index (κ2) is 6.20. The van der Waals surface area contributed by atoms with Crippen molar-refractivity contribution < 1.29 is 23.9 Å². The third-order valence-electron chi connectivity index (χ3n) is 4.06. The Morgan fingerprint density at radius 3 is 1.84 bits per heavy atom. The standard InChI is InChI=1S/C18H14N2O5/c1-25-17(24)20-15(22)18(14(21)19-16(20)23,12-8-4-2-5-9-12)13-10-6-3-7-11-13/h2-11H,1H3,(H,19,21,23). The number of nitrogens with one attached hydrogen (secondary N) is 1. The highest BCUT2D eigenvalue weighted by Crippen LogP contribution is 2.37. The van der Waals surface area contributed by atoms with Gasteiger partial charge in [0.15, 0.2) is 5.41 Å². The van der Waals surface area contributed by atoms with Crippen molar-refractivity contribution in [2.24, 2.45) is 0 Å². The summed E-state index contributed by atoms with van der Waals surface area (Å²) in [6.45, 7) is 0. The van der Waals surface area contributed by atoms with Gasteiger partial charge in [0.25, 0.3) is 11.8 Å². The van der Waals surface area contributed by atoms with Gasteiger partial charge in [0.1, 0.15) is 0 Å². The molecule has 0 radical (unpaired) electrons. The first-order valence-electron chi connectivity index (χ1n) is 7.42. The smallest absolute Gasteiger partial charge is 0.424 e. The van der Waals surface area contributed by atoms with Crippen LogP contribution in [0.1, 0.15) is 11.1 Å². The van der Waals surface area contributed by atoms with Crippen molar-refractivity contribution in [3.8, 4) is 0 Å². The fourth-order valence-electron chi connectivity index (χ4n) is 2.91. The lowest BCUT2D eigenvalue weighted by molar-refractivity contribution is -0.141. The van der Waals surface area contributed by atoms with Crippen LogP contribution in [0.2, 0.25) is 0 Å². The molecule has 0 bridgehead atoms. The summed E-state index contributed by atoms with van der Waals surface area (Å²) in [7, 11) is 1.05. The number of carbonyl (C=O) groups excluding carboxylic acids is 4. The van der Waals surface area contributed by atoms with E-state index < -0.39 is 29.4 Å². The monoisotopic (exact) mass is 338 g/mol. The van der Waals surface area contributed by atoms with E-state index in [-0.39, 0.29) is 0 Å². The van der Waals surface area contributed by atoms with Crippen molar-refractivity contribution in [1.29, 1.82) is 0 Å². The molecule has 5 amide bonds. The van der Waals surface area contributed by atoms with E-state index in [1.807, 2.05) is 0 Å². The number of barbiturate groups is 1. The quantitative estimate of drug-likeness (QED) is 0.843. The van der Waals surface area contributed by atoms with Crippen molar-refractivity contribution in [3.05, 3.63) is 71.8 Å². The van der Waals surface area contributed by atoms with Gasteiger partial charge in [-0.1, -0.05) is 60.7 Å².